The lowest BCUT2D eigenvalue weighted by Gasteiger charge is -2.10. The molecule has 0 aromatic heterocycles. The minimum absolute atomic E-state index is 0.646. The van der Waals surface area contributed by atoms with Crippen molar-refractivity contribution in [1.29, 1.82) is 0 Å². The molecule has 1 saturated heterocycles. The van der Waals surface area contributed by atoms with Gasteiger partial charge in [-0.05, 0) is 48.9 Å². The van der Waals surface area contributed by atoms with Crippen LogP contribution in [0.3, 0.4) is 0 Å². The molecule has 17 heavy (non-hydrogen) atoms. The third-order valence-corrected chi connectivity index (χ3v) is 3.33. The molecule has 1 atom stereocenters. The summed E-state index contributed by atoms with van der Waals surface area (Å²) in [6.07, 6.45) is 2.58. The van der Waals surface area contributed by atoms with Gasteiger partial charge in [-0.15, -0.1) is 0 Å². The Balaban J connectivity index is 0.000000686. The number of hydrogen-bond donors (Lipinski definition) is 1. The smallest absolute Gasteiger partial charge is 0.00169 e. The first-order valence-corrected chi connectivity index (χ1v) is 7.05. The molecule has 0 amide bonds. The zero-order valence-electron chi connectivity index (χ0n) is 11.8. The van der Waals surface area contributed by atoms with Gasteiger partial charge in [0.1, 0.15) is 0 Å². The maximum Gasteiger partial charge on any atom is -0.00169 e. The second-order valence-electron chi connectivity index (χ2n) is 4.96. The maximum atomic E-state index is 3.42. The van der Waals surface area contributed by atoms with Gasteiger partial charge in [0, 0.05) is 0 Å². The summed E-state index contributed by atoms with van der Waals surface area (Å²) in [4.78, 5) is 0. The Morgan fingerprint density at radius 3 is 2.29 bits per heavy atom. The molecule has 0 bridgehead atoms. The second-order valence-corrected chi connectivity index (χ2v) is 4.96. The molecule has 1 aromatic carbocycles. The van der Waals surface area contributed by atoms with Gasteiger partial charge in [-0.3, -0.25) is 0 Å². The van der Waals surface area contributed by atoms with Crippen LogP contribution in [-0.2, 0) is 6.42 Å². The number of hydrogen-bond acceptors (Lipinski definition) is 1. The molecule has 1 heterocycles. The molecule has 1 aromatic rings. The van der Waals surface area contributed by atoms with Crippen molar-refractivity contribution in [2.24, 2.45) is 5.92 Å². The lowest BCUT2D eigenvalue weighted by Crippen LogP contribution is -2.10. The fraction of sp³-hybridized carbons (Fsp3) is 0.625. The van der Waals surface area contributed by atoms with Crippen molar-refractivity contribution in [1.82, 2.24) is 5.32 Å². The number of nitrogens with one attached hydrogen (secondary N) is 1. The third kappa shape index (κ3) is 4.51. The quantitative estimate of drug-likeness (QED) is 0.832. The summed E-state index contributed by atoms with van der Waals surface area (Å²) < 4.78 is 0. The van der Waals surface area contributed by atoms with Gasteiger partial charge in [0.25, 0.3) is 0 Å². The van der Waals surface area contributed by atoms with Crippen LogP contribution in [-0.4, -0.2) is 13.1 Å². The van der Waals surface area contributed by atoms with Gasteiger partial charge >= 0.3 is 0 Å². The van der Waals surface area contributed by atoms with E-state index in [1.54, 1.807) is 0 Å². The summed E-state index contributed by atoms with van der Waals surface area (Å²) in [6.45, 7) is 10.9. The van der Waals surface area contributed by atoms with Gasteiger partial charge in [-0.1, -0.05) is 52.0 Å². The molecule has 2 rings (SSSR count). The molecule has 1 aliphatic rings. The molecule has 96 valence electrons. The van der Waals surface area contributed by atoms with Crippen molar-refractivity contribution in [3.63, 3.8) is 0 Å². The molecule has 0 radical (unpaired) electrons. The zero-order chi connectivity index (χ0) is 12.7. The van der Waals surface area contributed by atoms with Gasteiger partial charge in [0.15, 0.2) is 0 Å². The van der Waals surface area contributed by atoms with Crippen LogP contribution < -0.4 is 5.32 Å². The topological polar surface area (TPSA) is 12.0 Å². The largest absolute Gasteiger partial charge is 0.316 e. The number of benzene rings is 1. The van der Waals surface area contributed by atoms with Crippen molar-refractivity contribution in [3.8, 4) is 0 Å². The lowest BCUT2D eigenvalue weighted by molar-refractivity contribution is 0.580. The Bertz CT molecular complexity index is 294. The first kappa shape index (κ1) is 14.2. The summed E-state index contributed by atoms with van der Waals surface area (Å²) >= 11 is 0. The molecule has 1 nitrogen and oxygen atoms in total. The monoisotopic (exact) mass is 233 g/mol. The summed E-state index contributed by atoms with van der Waals surface area (Å²) in [7, 11) is 0. The van der Waals surface area contributed by atoms with Crippen molar-refractivity contribution in [2.75, 3.05) is 13.1 Å². The van der Waals surface area contributed by atoms with Crippen LogP contribution in [0.4, 0.5) is 0 Å². The van der Waals surface area contributed by atoms with Crippen LogP contribution in [0.5, 0.6) is 0 Å². The average Bonchev–Trinajstić information content (AvgIpc) is 2.85. The summed E-state index contributed by atoms with van der Waals surface area (Å²) in [5, 5.41) is 3.42. The van der Waals surface area contributed by atoms with Crippen LogP contribution in [0, 0.1) is 5.92 Å². The minimum atomic E-state index is 0.646. The van der Waals surface area contributed by atoms with Gasteiger partial charge in [-0.2, -0.15) is 0 Å². The van der Waals surface area contributed by atoms with E-state index in [0.717, 1.165) is 5.92 Å². The molecule has 1 N–H and O–H groups in total. The maximum absolute atomic E-state index is 3.42. The Kier molecular flexibility index (Phi) is 6.28. The first-order chi connectivity index (χ1) is 8.25. The van der Waals surface area contributed by atoms with Crippen LogP contribution in [0.25, 0.3) is 0 Å². The van der Waals surface area contributed by atoms with Crippen LogP contribution >= 0.6 is 0 Å². The zero-order valence-corrected chi connectivity index (χ0v) is 11.8. The van der Waals surface area contributed by atoms with Crippen LogP contribution in [0.2, 0.25) is 0 Å². The number of rotatable bonds is 3. The highest BCUT2D eigenvalue weighted by Crippen LogP contribution is 2.18. The lowest BCUT2D eigenvalue weighted by atomic mass is 9.96. The third-order valence-electron chi connectivity index (χ3n) is 3.33. The molecule has 1 unspecified atom stereocenters. The molecule has 1 fully saturated rings. The van der Waals surface area contributed by atoms with Gasteiger partial charge in [0.2, 0.25) is 0 Å². The molecule has 0 spiro atoms. The van der Waals surface area contributed by atoms with Gasteiger partial charge < -0.3 is 5.32 Å². The van der Waals surface area contributed by atoms with Crippen LogP contribution in [0.15, 0.2) is 24.3 Å². The van der Waals surface area contributed by atoms with E-state index in [2.05, 4.69) is 43.4 Å². The normalized spacial score (nSPS) is 19.0. The average molecular weight is 233 g/mol. The fourth-order valence-corrected chi connectivity index (χ4v) is 2.26. The van der Waals surface area contributed by atoms with Crippen molar-refractivity contribution >= 4 is 0 Å². The Morgan fingerprint density at radius 1 is 1.18 bits per heavy atom. The van der Waals surface area contributed by atoms with Gasteiger partial charge in [0.05, 0.1) is 0 Å². The first-order valence-electron chi connectivity index (χ1n) is 7.05. The summed E-state index contributed by atoms with van der Waals surface area (Å²) in [5.74, 6) is 1.50. The Hall–Kier alpha value is -0.820. The van der Waals surface area contributed by atoms with Crippen molar-refractivity contribution in [3.05, 3.63) is 35.4 Å². The fourth-order valence-electron chi connectivity index (χ4n) is 2.26. The van der Waals surface area contributed by atoms with E-state index in [1.807, 2.05) is 13.8 Å². The predicted octanol–water partition coefficient (Wildman–Crippen LogP) is 3.99. The summed E-state index contributed by atoms with van der Waals surface area (Å²) in [5.41, 5.74) is 2.94. The van der Waals surface area contributed by atoms with E-state index in [9.17, 15) is 0 Å². The summed E-state index contributed by atoms with van der Waals surface area (Å²) in [6, 6.07) is 9.16. The van der Waals surface area contributed by atoms with Crippen LogP contribution in [0.1, 0.15) is 51.2 Å². The molecule has 1 heteroatoms. The second kappa shape index (κ2) is 7.50. The minimum Gasteiger partial charge on any atom is -0.316 e. The highest BCUT2D eigenvalue weighted by molar-refractivity contribution is 5.25. The molecule has 0 saturated carbocycles. The van der Waals surface area contributed by atoms with E-state index >= 15 is 0 Å². The van der Waals surface area contributed by atoms with Gasteiger partial charge in [-0.25, -0.2) is 0 Å². The van der Waals surface area contributed by atoms with E-state index < -0.39 is 0 Å². The Labute approximate surface area is 107 Å². The molecule has 1 aliphatic heterocycles. The highest BCUT2D eigenvalue weighted by atomic mass is 14.9. The van der Waals surface area contributed by atoms with E-state index in [0.29, 0.717) is 5.92 Å². The van der Waals surface area contributed by atoms with E-state index in [1.165, 1.54) is 37.1 Å². The van der Waals surface area contributed by atoms with E-state index in [-0.39, 0.29) is 0 Å². The molecular weight excluding hydrogens is 206 g/mol. The SMILES string of the molecule is CC.CC(C)c1ccc(CC2CCNC2)cc1. The van der Waals surface area contributed by atoms with Crippen molar-refractivity contribution < 1.29 is 0 Å². The standard InChI is InChI=1S/C14H21N.C2H6/c1-11(2)14-5-3-12(4-6-14)9-13-7-8-15-10-13;1-2/h3-6,11,13,15H,7-10H2,1-2H3;1-2H3. The Morgan fingerprint density at radius 2 is 1.82 bits per heavy atom. The molecule has 0 aliphatic carbocycles. The van der Waals surface area contributed by atoms with E-state index in [4.69, 9.17) is 0 Å². The predicted molar refractivity (Wildman–Crippen MR) is 76.6 cm³/mol. The molecular formula is C16H27N. The highest BCUT2D eigenvalue weighted by Gasteiger charge is 2.14. The van der Waals surface area contributed by atoms with Crippen molar-refractivity contribution in [2.45, 2.75) is 46.5 Å².